The summed E-state index contributed by atoms with van der Waals surface area (Å²) in [7, 11) is -0.488. The number of nitrogens with one attached hydrogen (secondary N) is 1. The van der Waals surface area contributed by atoms with Crippen LogP contribution < -0.4 is 11.0 Å². The summed E-state index contributed by atoms with van der Waals surface area (Å²) < 4.78 is 22.1. The number of hydrogen-bond donors (Lipinski definition) is 1. The zero-order chi connectivity index (χ0) is 15.0. The number of rotatable bonds is 5. The highest BCUT2D eigenvalue weighted by molar-refractivity contribution is 6.59. The molecule has 0 atom stereocenters. The van der Waals surface area contributed by atoms with Gasteiger partial charge in [0.05, 0.1) is 13.2 Å². The first-order chi connectivity index (χ1) is 10.9. The Kier molecular flexibility index (Phi) is 5.61. The van der Waals surface area contributed by atoms with Gasteiger partial charge in [-0.2, -0.15) is 0 Å². The molecule has 22 heavy (non-hydrogen) atoms. The average Bonchev–Trinajstić information content (AvgIpc) is 2.97. The monoisotopic (exact) mass is 302 g/mol. The summed E-state index contributed by atoms with van der Waals surface area (Å²) >= 11 is 0. The van der Waals surface area contributed by atoms with E-state index in [4.69, 9.17) is 18.6 Å². The van der Waals surface area contributed by atoms with E-state index in [0.717, 1.165) is 24.3 Å². The molecule has 1 fully saturated rings. The van der Waals surface area contributed by atoms with Gasteiger partial charge in [0.15, 0.2) is 0 Å². The van der Waals surface area contributed by atoms with Crippen LogP contribution in [0, 0.1) is 0 Å². The Bertz CT molecular complexity index is 556. The van der Waals surface area contributed by atoms with E-state index in [1.807, 2.05) is 36.4 Å². The van der Waals surface area contributed by atoms with Crippen molar-refractivity contribution in [3.05, 3.63) is 47.7 Å². The SMILES string of the molecule is c1ccc(COCc2cc([B-]3OCCNCCO3)on2)cc1. The molecule has 7 heteroatoms. The van der Waals surface area contributed by atoms with Gasteiger partial charge in [-0.3, -0.25) is 0 Å². The van der Waals surface area contributed by atoms with Crippen molar-refractivity contribution in [1.29, 1.82) is 0 Å². The van der Waals surface area contributed by atoms with Gasteiger partial charge in [-0.1, -0.05) is 35.5 Å². The van der Waals surface area contributed by atoms with E-state index >= 15 is 0 Å². The van der Waals surface area contributed by atoms with Crippen molar-refractivity contribution >= 4 is 12.8 Å². The fraction of sp³-hybridized carbons (Fsp3) is 0.400. The summed E-state index contributed by atoms with van der Waals surface area (Å²) in [4.78, 5) is 0. The zero-order valence-electron chi connectivity index (χ0n) is 12.4. The Hall–Kier alpha value is -1.67. The molecule has 6 nitrogen and oxygen atoms in total. The van der Waals surface area contributed by atoms with Gasteiger partial charge in [-0.15, -0.1) is 0 Å². The van der Waals surface area contributed by atoms with Gasteiger partial charge < -0.3 is 23.9 Å². The Labute approximate surface area is 129 Å². The summed E-state index contributed by atoms with van der Waals surface area (Å²) in [6, 6.07) is 11.8. The molecule has 1 N–H and O–H groups in total. The van der Waals surface area contributed by atoms with E-state index in [2.05, 4.69) is 10.5 Å². The number of aromatic nitrogens is 1. The summed E-state index contributed by atoms with van der Waals surface area (Å²) in [5.41, 5.74) is 2.45. The molecule has 0 aliphatic carbocycles. The van der Waals surface area contributed by atoms with Crippen LogP contribution in [0.25, 0.3) is 0 Å². The quantitative estimate of drug-likeness (QED) is 0.821. The second-order valence-corrected chi connectivity index (χ2v) is 5.02. The van der Waals surface area contributed by atoms with Crippen LogP contribution in [-0.4, -0.2) is 38.6 Å². The second-order valence-electron chi connectivity index (χ2n) is 5.02. The molecule has 1 aromatic carbocycles. The molecule has 3 rings (SSSR count). The number of hydrogen-bond acceptors (Lipinski definition) is 6. The first-order valence-corrected chi connectivity index (χ1v) is 7.43. The second kappa shape index (κ2) is 8.10. The van der Waals surface area contributed by atoms with Gasteiger partial charge in [-0.25, -0.2) is 0 Å². The van der Waals surface area contributed by atoms with Crippen LogP contribution in [0.5, 0.6) is 0 Å². The molecular weight excluding hydrogens is 283 g/mol. The lowest BCUT2D eigenvalue weighted by Crippen LogP contribution is -2.42. The molecule has 0 unspecified atom stereocenters. The zero-order valence-corrected chi connectivity index (χ0v) is 12.4. The molecule has 1 saturated heterocycles. The van der Waals surface area contributed by atoms with Crippen LogP contribution in [0.3, 0.4) is 0 Å². The Balaban J connectivity index is 1.50. The summed E-state index contributed by atoms with van der Waals surface area (Å²) in [6.45, 7) is 3.70. The lowest BCUT2D eigenvalue weighted by molar-refractivity contribution is 0.102. The maximum Gasteiger partial charge on any atom is 0.219 e. The predicted octanol–water partition coefficient (Wildman–Crippen LogP) is 0.723. The van der Waals surface area contributed by atoms with Crippen molar-refractivity contribution < 1.29 is 18.6 Å². The van der Waals surface area contributed by atoms with Gasteiger partial charge in [0.25, 0.3) is 0 Å². The smallest absolute Gasteiger partial charge is 0.219 e. The van der Waals surface area contributed by atoms with Crippen molar-refractivity contribution in [2.24, 2.45) is 0 Å². The van der Waals surface area contributed by atoms with Crippen molar-refractivity contribution in [1.82, 2.24) is 10.5 Å². The number of benzene rings is 1. The highest BCUT2D eigenvalue weighted by Crippen LogP contribution is 2.05. The third-order valence-corrected chi connectivity index (χ3v) is 3.27. The molecule has 117 valence electrons. The lowest BCUT2D eigenvalue weighted by Gasteiger charge is -2.30. The third-order valence-electron chi connectivity index (χ3n) is 3.27. The molecule has 1 radical (unpaired) electrons. The molecule has 0 spiro atoms. The minimum Gasteiger partial charge on any atom is -0.583 e. The first-order valence-electron chi connectivity index (χ1n) is 7.43. The third kappa shape index (κ3) is 4.41. The minimum absolute atomic E-state index is 0.396. The molecule has 1 aromatic heterocycles. The van der Waals surface area contributed by atoms with E-state index in [9.17, 15) is 0 Å². The highest BCUT2D eigenvalue weighted by atomic mass is 16.6. The van der Waals surface area contributed by atoms with Crippen LogP contribution in [0.4, 0.5) is 0 Å². The number of nitrogens with zero attached hydrogens (tertiary/aromatic N) is 1. The van der Waals surface area contributed by atoms with Gasteiger partial charge >= 0.3 is 0 Å². The molecule has 1 aliphatic rings. The maximum atomic E-state index is 5.64. The fourth-order valence-electron chi connectivity index (χ4n) is 2.17. The largest absolute Gasteiger partial charge is 0.583 e. The topological polar surface area (TPSA) is 65.8 Å². The average molecular weight is 302 g/mol. The van der Waals surface area contributed by atoms with Gasteiger partial charge in [0.2, 0.25) is 7.12 Å². The van der Waals surface area contributed by atoms with E-state index in [1.165, 1.54) is 0 Å². The fourth-order valence-corrected chi connectivity index (χ4v) is 2.17. The van der Waals surface area contributed by atoms with E-state index in [0.29, 0.717) is 32.1 Å². The van der Waals surface area contributed by atoms with Gasteiger partial charge in [0, 0.05) is 32.0 Å². The van der Waals surface area contributed by atoms with Crippen molar-refractivity contribution in [2.75, 3.05) is 26.3 Å². The predicted molar refractivity (Wildman–Crippen MR) is 81.6 cm³/mol. The van der Waals surface area contributed by atoms with E-state index < -0.39 is 7.12 Å². The highest BCUT2D eigenvalue weighted by Gasteiger charge is 2.11. The van der Waals surface area contributed by atoms with Gasteiger partial charge in [0.1, 0.15) is 5.69 Å². The maximum absolute atomic E-state index is 5.64. The van der Waals surface area contributed by atoms with Gasteiger partial charge in [-0.05, 0) is 11.6 Å². The normalized spacial score (nSPS) is 17.1. The number of ether oxygens (including phenoxy) is 1. The molecule has 0 bridgehead atoms. The van der Waals surface area contributed by atoms with Crippen molar-refractivity contribution in [3.63, 3.8) is 0 Å². The molecule has 2 aromatic rings. The van der Waals surface area contributed by atoms with Crippen molar-refractivity contribution in [3.8, 4) is 0 Å². The molecule has 0 amide bonds. The summed E-state index contributed by atoms with van der Waals surface area (Å²) in [5.74, 6) is 0. The Morgan fingerprint density at radius 2 is 1.86 bits per heavy atom. The summed E-state index contributed by atoms with van der Waals surface area (Å²) in [6.07, 6.45) is 0. The first kappa shape index (κ1) is 15.2. The van der Waals surface area contributed by atoms with Crippen LogP contribution in [0.2, 0.25) is 0 Å². The van der Waals surface area contributed by atoms with Crippen LogP contribution in [-0.2, 0) is 27.3 Å². The van der Waals surface area contributed by atoms with E-state index in [-0.39, 0.29) is 0 Å². The van der Waals surface area contributed by atoms with Crippen LogP contribution in [0.1, 0.15) is 11.3 Å². The summed E-state index contributed by atoms with van der Waals surface area (Å²) in [5, 5.41) is 7.19. The van der Waals surface area contributed by atoms with Crippen molar-refractivity contribution in [2.45, 2.75) is 13.2 Å². The van der Waals surface area contributed by atoms with Crippen LogP contribution in [0.15, 0.2) is 40.9 Å². The molecule has 2 heterocycles. The standard InChI is InChI=1S/C15H19BN2O4/c1-2-4-13(5-3-1)11-19-12-14-10-15(22-18-14)16-20-8-6-17-7-9-21-16/h1-5,10,17H,6-9,11-12H2/q-1. The molecule has 1 aliphatic heterocycles. The van der Waals surface area contributed by atoms with Crippen LogP contribution >= 0.6 is 0 Å². The minimum atomic E-state index is -0.488. The molecular formula is C15H19BN2O4-. The molecule has 0 saturated carbocycles. The Morgan fingerprint density at radius 1 is 1.09 bits per heavy atom. The Morgan fingerprint density at radius 3 is 2.64 bits per heavy atom. The lowest BCUT2D eigenvalue weighted by atomic mass is 9.85. The van der Waals surface area contributed by atoms with E-state index in [1.54, 1.807) is 0 Å².